The zero-order valence-electron chi connectivity index (χ0n) is 14.8. The van der Waals surface area contributed by atoms with Crippen LogP contribution < -0.4 is 10.4 Å². The van der Waals surface area contributed by atoms with Crippen LogP contribution in [0.3, 0.4) is 0 Å². The van der Waals surface area contributed by atoms with E-state index in [4.69, 9.17) is 23.2 Å². The summed E-state index contributed by atoms with van der Waals surface area (Å²) in [4.78, 5) is 47.7. The van der Waals surface area contributed by atoms with Crippen LogP contribution in [-0.2, 0) is 9.59 Å². The van der Waals surface area contributed by atoms with E-state index in [0.29, 0.717) is 27.2 Å². The number of anilines is 1. The maximum Gasteiger partial charge on any atom is 0.294 e. The first-order chi connectivity index (χ1) is 14.2. The second-order valence-corrected chi connectivity index (χ2v) is 7.76. The molecular weight excluding hydrogens is 457 g/mol. The second kappa shape index (κ2) is 8.74. The van der Waals surface area contributed by atoms with E-state index in [-0.39, 0.29) is 21.3 Å². The van der Waals surface area contributed by atoms with Crippen LogP contribution in [0.1, 0.15) is 5.56 Å². The van der Waals surface area contributed by atoms with Crippen molar-refractivity contribution in [2.24, 2.45) is 0 Å². The van der Waals surface area contributed by atoms with Gasteiger partial charge in [0, 0.05) is 27.9 Å². The minimum absolute atomic E-state index is 0.0527. The van der Waals surface area contributed by atoms with E-state index in [1.54, 1.807) is 12.1 Å². The zero-order valence-corrected chi connectivity index (χ0v) is 17.1. The van der Waals surface area contributed by atoms with Crippen LogP contribution in [0.4, 0.5) is 16.2 Å². The number of carbonyl (C=O) groups excluding carboxylic acids is 3. The van der Waals surface area contributed by atoms with Gasteiger partial charge in [-0.25, -0.2) is 0 Å². The number of hydrogen-bond acceptors (Lipinski definition) is 7. The number of carbonyl (C=O) groups is 3. The molecule has 12 heteroatoms. The number of benzene rings is 2. The fourth-order valence-electron chi connectivity index (χ4n) is 2.46. The molecule has 0 atom stereocenters. The van der Waals surface area contributed by atoms with E-state index in [2.05, 4.69) is 5.32 Å². The summed E-state index contributed by atoms with van der Waals surface area (Å²) in [6.45, 7) is -0.668. The fourth-order valence-corrected chi connectivity index (χ4v) is 3.75. The van der Waals surface area contributed by atoms with Crippen molar-refractivity contribution in [3.05, 3.63) is 67.0 Å². The number of nitro groups is 1. The largest absolute Gasteiger partial charge is 0.871 e. The van der Waals surface area contributed by atoms with Crippen LogP contribution in [0.2, 0.25) is 10.0 Å². The lowest BCUT2D eigenvalue weighted by Crippen LogP contribution is -2.36. The van der Waals surface area contributed by atoms with Gasteiger partial charge in [-0.3, -0.25) is 29.4 Å². The van der Waals surface area contributed by atoms with Crippen molar-refractivity contribution in [2.45, 2.75) is 0 Å². The van der Waals surface area contributed by atoms with E-state index >= 15 is 0 Å². The Morgan fingerprint density at radius 2 is 1.93 bits per heavy atom. The van der Waals surface area contributed by atoms with E-state index < -0.39 is 34.3 Å². The van der Waals surface area contributed by atoms with E-state index in [1.807, 2.05) is 0 Å². The van der Waals surface area contributed by atoms with Gasteiger partial charge in [0.1, 0.15) is 6.54 Å². The van der Waals surface area contributed by atoms with Gasteiger partial charge in [-0.1, -0.05) is 41.1 Å². The maximum absolute atomic E-state index is 12.5. The number of amides is 3. The molecule has 1 fully saturated rings. The smallest absolute Gasteiger partial charge is 0.294 e. The Hall–Kier alpha value is -3.08. The number of hydrogen-bond donors (Lipinski definition) is 1. The third-order valence-electron chi connectivity index (χ3n) is 3.87. The number of nitro benzene ring substituents is 1. The lowest BCUT2D eigenvalue weighted by atomic mass is 10.2. The number of rotatable bonds is 5. The predicted molar refractivity (Wildman–Crippen MR) is 110 cm³/mol. The van der Waals surface area contributed by atoms with E-state index in [0.717, 1.165) is 18.2 Å². The van der Waals surface area contributed by atoms with Crippen LogP contribution >= 0.6 is 35.0 Å². The van der Waals surface area contributed by atoms with Crippen molar-refractivity contribution in [1.82, 2.24) is 4.90 Å². The average Bonchev–Trinajstić information content (AvgIpc) is 2.93. The molecule has 0 radical (unpaired) electrons. The highest BCUT2D eigenvalue weighted by Gasteiger charge is 2.36. The molecule has 1 saturated heterocycles. The fraction of sp³-hybridized carbons (Fsp3) is 0.0556. The quantitative estimate of drug-likeness (QED) is 0.403. The molecule has 3 amide bonds. The Labute approximate surface area is 183 Å². The van der Waals surface area contributed by atoms with Gasteiger partial charge < -0.3 is 10.4 Å². The van der Waals surface area contributed by atoms with E-state index in [1.165, 1.54) is 12.1 Å². The molecule has 30 heavy (non-hydrogen) atoms. The van der Waals surface area contributed by atoms with Crippen LogP contribution in [-0.4, -0.2) is 33.4 Å². The summed E-state index contributed by atoms with van der Waals surface area (Å²) in [7, 11) is 0. The highest BCUT2D eigenvalue weighted by molar-refractivity contribution is 8.18. The van der Waals surface area contributed by atoms with Gasteiger partial charge in [0.15, 0.2) is 0 Å². The van der Waals surface area contributed by atoms with Gasteiger partial charge in [0.25, 0.3) is 16.8 Å². The first-order valence-corrected chi connectivity index (χ1v) is 9.68. The SMILES string of the molecule is O=C(CN1C(=O)S/C(=C\c2ccc(Cl)cc2Cl)C1=O)Nc1cc([N+](=O)[O-])ccc1[O-]. The molecule has 1 aliphatic heterocycles. The monoisotopic (exact) mass is 466 g/mol. The molecule has 154 valence electrons. The molecule has 1 N–H and O–H groups in total. The van der Waals surface area contributed by atoms with Crippen molar-refractivity contribution in [1.29, 1.82) is 0 Å². The number of thioether (sulfide) groups is 1. The molecule has 2 aromatic carbocycles. The highest BCUT2D eigenvalue weighted by Crippen LogP contribution is 2.34. The van der Waals surface area contributed by atoms with Gasteiger partial charge in [-0.15, -0.1) is 0 Å². The lowest BCUT2D eigenvalue weighted by Gasteiger charge is -2.16. The molecule has 0 saturated carbocycles. The normalized spacial score (nSPS) is 15.0. The highest BCUT2D eigenvalue weighted by atomic mass is 35.5. The molecular formula is C18H10Cl2N3O6S-. The second-order valence-electron chi connectivity index (χ2n) is 5.92. The van der Waals surface area contributed by atoms with Crippen molar-refractivity contribution in [2.75, 3.05) is 11.9 Å². The maximum atomic E-state index is 12.5. The summed E-state index contributed by atoms with van der Waals surface area (Å²) < 4.78 is 0. The molecule has 2 aromatic rings. The Kier molecular flexibility index (Phi) is 6.30. The first kappa shape index (κ1) is 21.6. The molecule has 3 rings (SSSR count). The average molecular weight is 467 g/mol. The minimum Gasteiger partial charge on any atom is -0.871 e. The molecule has 1 heterocycles. The Bertz CT molecular complexity index is 1120. The molecule has 0 spiro atoms. The summed E-state index contributed by atoms with van der Waals surface area (Å²) in [5.41, 5.74) is -0.257. The molecule has 0 unspecified atom stereocenters. The Morgan fingerprint density at radius 3 is 2.60 bits per heavy atom. The van der Waals surface area contributed by atoms with Crippen LogP contribution in [0, 0.1) is 10.1 Å². The summed E-state index contributed by atoms with van der Waals surface area (Å²) >= 11 is 12.5. The Morgan fingerprint density at radius 1 is 1.20 bits per heavy atom. The van der Waals surface area contributed by atoms with Crippen molar-refractivity contribution in [3.63, 3.8) is 0 Å². The number of halogens is 2. The summed E-state index contributed by atoms with van der Waals surface area (Å²) in [5, 5.41) is 24.8. The van der Waals surface area contributed by atoms with Gasteiger partial charge in [-0.2, -0.15) is 0 Å². The van der Waals surface area contributed by atoms with Gasteiger partial charge in [0.05, 0.1) is 9.83 Å². The number of nitrogens with one attached hydrogen (secondary N) is 1. The van der Waals surface area contributed by atoms with Crippen LogP contribution in [0.15, 0.2) is 41.3 Å². The van der Waals surface area contributed by atoms with Crippen LogP contribution in [0.25, 0.3) is 6.08 Å². The molecule has 1 aliphatic rings. The van der Waals surface area contributed by atoms with Gasteiger partial charge >= 0.3 is 0 Å². The summed E-state index contributed by atoms with van der Waals surface area (Å²) in [5.74, 6) is -2.23. The lowest BCUT2D eigenvalue weighted by molar-refractivity contribution is -0.385. The van der Waals surface area contributed by atoms with Crippen molar-refractivity contribution in [3.8, 4) is 5.75 Å². The third kappa shape index (κ3) is 4.73. The number of nitrogens with zero attached hydrogens (tertiary/aromatic N) is 2. The molecule has 0 aromatic heterocycles. The first-order valence-electron chi connectivity index (χ1n) is 8.11. The number of non-ortho nitro benzene ring substituents is 1. The Balaban J connectivity index is 1.74. The third-order valence-corrected chi connectivity index (χ3v) is 5.34. The summed E-state index contributed by atoms with van der Waals surface area (Å²) in [6, 6.07) is 7.45. The molecule has 0 aliphatic carbocycles. The topological polar surface area (TPSA) is 133 Å². The van der Waals surface area contributed by atoms with E-state index in [9.17, 15) is 29.6 Å². The van der Waals surface area contributed by atoms with Gasteiger partial charge in [-0.05, 0) is 35.5 Å². The standard InChI is InChI=1S/C18H11Cl2N3O6S/c19-10-2-1-9(12(20)6-10)5-15-17(26)22(18(27)30-15)8-16(25)21-13-7-11(23(28)29)3-4-14(13)24/h1-7,24H,8H2,(H,21,25)/p-1/b15-5-. The molecule has 0 bridgehead atoms. The predicted octanol–water partition coefficient (Wildman–Crippen LogP) is 3.65. The van der Waals surface area contributed by atoms with Gasteiger partial charge in [0.2, 0.25) is 5.91 Å². The van der Waals surface area contributed by atoms with Crippen molar-refractivity contribution < 1.29 is 24.4 Å². The number of imide groups is 1. The van der Waals surface area contributed by atoms with Crippen molar-refractivity contribution >= 4 is 69.5 Å². The summed E-state index contributed by atoms with van der Waals surface area (Å²) in [6.07, 6.45) is 1.40. The molecule has 9 nitrogen and oxygen atoms in total. The minimum atomic E-state index is -0.860. The van der Waals surface area contributed by atoms with Crippen LogP contribution in [0.5, 0.6) is 5.75 Å². The zero-order chi connectivity index (χ0) is 22.0.